The first-order chi connectivity index (χ1) is 21.9. The summed E-state index contributed by atoms with van der Waals surface area (Å²) in [7, 11) is -0.836. The van der Waals surface area contributed by atoms with Crippen molar-refractivity contribution in [3.05, 3.63) is 120 Å². The fourth-order valence-corrected chi connectivity index (χ4v) is 4.71. The van der Waals surface area contributed by atoms with E-state index < -0.39 is 10.1 Å². The molecule has 0 saturated carbocycles. The largest absolute Gasteiger partial charge is 0.495 e. The van der Waals surface area contributed by atoms with Crippen molar-refractivity contribution in [2.24, 2.45) is 10.2 Å². The van der Waals surface area contributed by atoms with Gasteiger partial charge >= 0.3 is 0 Å². The number of allylic oxidation sites excluding steroid dienone is 2. The van der Waals surface area contributed by atoms with Gasteiger partial charge in [-0.1, -0.05) is 30.4 Å². The molecule has 0 saturated heterocycles. The van der Waals surface area contributed by atoms with Gasteiger partial charge in [0.15, 0.2) is 0 Å². The molecule has 0 radical (unpaired) electrons. The third-order valence-corrected chi connectivity index (χ3v) is 7.57. The third-order valence-electron chi connectivity index (χ3n) is 6.70. The summed E-state index contributed by atoms with van der Waals surface area (Å²) in [6.45, 7) is 8.02. The molecule has 4 N–H and O–H groups in total. The Morgan fingerprint density at radius 3 is 2.28 bits per heavy atom. The number of methoxy groups -OCH3 is 1. The van der Waals surface area contributed by atoms with Crippen LogP contribution in [0.2, 0.25) is 0 Å². The lowest BCUT2D eigenvalue weighted by Gasteiger charge is -2.23. The second kappa shape index (κ2) is 15.0. The van der Waals surface area contributed by atoms with Gasteiger partial charge in [-0.3, -0.25) is 19.8 Å². The average Bonchev–Trinajstić information content (AvgIpc) is 3.02. The molecule has 11 nitrogen and oxygen atoms in total. The topological polar surface area (TPSA) is 145 Å². The van der Waals surface area contributed by atoms with Crippen molar-refractivity contribution >= 4 is 50.1 Å². The molecule has 4 aromatic carbocycles. The van der Waals surface area contributed by atoms with Gasteiger partial charge in [-0.15, -0.1) is 0 Å². The van der Waals surface area contributed by atoms with Gasteiger partial charge in [-0.2, -0.15) is 18.6 Å². The first kappa shape index (κ1) is 33.4. The molecule has 46 heavy (non-hydrogen) atoms. The number of aryl methyl sites for hydroxylation is 1. The van der Waals surface area contributed by atoms with E-state index in [4.69, 9.17) is 9.29 Å². The maximum Gasteiger partial charge on any atom is 0.294 e. The van der Waals surface area contributed by atoms with Gasteiger partial charge in [0.1, 0.15) is 5.75 Å². The minimum Gasteiger partial charge on any atom is -0.495 e. The molecule has 238 valence electrons. The van der Waals surface area contributed by atoms with Crippen LogP contribution in [0.4, 0.5) is 34.1 Å². The molecular formula is C34H36N6O5S. The first-order valence-electron chi connectivity index (χ1n) is 14.2. The molecular weight excluding hydrogens is 604 g/mol. The van der Waals surface area contributed by atoms with Gasteiger partial charge in [-0.05, 0) is 91.7 Å². The van der Waals surface area contributed by atoms with Crippen LogP contribution in [-0.4, -0.2) is 33.0 Å². The van der Waals surface area contributed by atoms with Crippen LogP contribution in [0, 0.1) is 6.92 Å². The second-order valence-corrected chi connectivity index (χ2v) is 11.9. The van der Waals surface area contributed by atoms with Gasteiger partial charge < -0.3 is 15.4 Å². The van der Waals surface area contributed by atoms with Crippen molar-refractivity contribution in [1.82, 2.24) is 0 Å². The Kier molecular flexibility index (Phi) is 10.9. The maximum absolute atomic E-state index is 12.0. The fourth-order valence-electron chi connectivity index (χ4n) is 4.23. The Morgan fingerprint density at radius 1 is 0.957 bits per heavy atom. The summed E-state index contributed by atoms with van der Waals surface area (Å²) >= 11 is 0. The van der Waals surface area contributed by atoms with Crippen LogP contribution >= 0.6 is 0 Å². The zero-order valence-corrected chi connectivity index (χ0v) is 26.8. The molecule has 0 aliphatic carbocycles. The predicted octanol–water partition coefficient (Wildman–Crippen LogP) is 7.81. The summed E-state index contributed by atoms with van der Waals surface area (Å²) < 4.78 is 37.3. The van der Waals surface area contributed by atoms with E-state index in [1.807, 2.05) is 75.5 Å². The van der Waals surface area contributed by atoms with E-state index in [9.17, 15) is 13.2 Å². The molecule has 12 heteroatoms. The summed E-state index contributed by atoms with van der Waals surface area (Å²) in [4.78, 5) is 11.8. The van der Waals surface area contributed by atoms with Gasteiger partial charge in [0.05, 0.1) is 40.4 Å². The van der Waals surface area contributed by atoms with E-state index in [-0.39, 0.29) is 10.8 Å². The van der Waals surface area contributed by atoms with Crippen LogP contribution < -0.4 is 25.8 Å². The molecule has 0 atom stereocenters. The van der Waals surface area contributed by atoms with E-state index in [0.29, 0.717) is 35.0 Å². The lowest BCUT2D eigenvalue weighted by Crippen LogP contribution is -2.24. The Labute approximate surface area is 269 Å². The molecule has 0 heterocycles. The molecule has 0 unspecified atom stereocenters. The van der Waals surface area contributed by atoms with Crippen LogP contribution in [0.25, 0.3) is 0 Å². The van der Waals surface area contributed by atoms with Crippen LogP contribution in [0.5, 0.6) is 5.75 Å². The number of azo groups is 1. The number of amides is 1. The number of nitrogens with zero attached hydrogens (tertiary/aromatic N) is 3. The number of benzene rings is 4. The molecule has 4 aromatic rings. The van der Waals surface area contributed by atoms with E-state index >= 15 is 0 Å². The molecule has 0 aromatic heterocycles. The molecule has 0 aliphatic rings. The predicted molar refractivity (Wildman–Crippen MR) is 183 cm³/mol. The van der Waals surface area contributed by atoms with Crippen molar-refractivity contribution < 1.29 is 22.5 Å². The summed E-state index contributed by atoms with van der Waals surface area (Å²) in [5.41, 5.74) is 10.2. The number of nitrogens with one attached hydrogen (secondary N) is 3. The van der Waals surface area contributed by atoms with Crippen molar-refractivity contribution in [3.8, 4) is 5.75 Å². The molecule has 0 aliphatic heterocycles. The number of anilines is 4. The molecule has 0 fully saturated rings. The number of hydrogen-bond acceptors (Lipinski definition) is 9. The summed E-state index contributed by atoms with van der Waals surface area (Å²) in [6.07, 6.45) is 3.10. The summed E-state index contributed by atoms with van der Waals surface area (Å²) in [5.74, 6) is 0.413. The number of hydrazine groups is 1. The number of ether oxygens (including phenoxy) is 1. The highest BCUT2D eigenvalue weighted by Gasteiger charge is 2.11. The second-order valence-electron chi connectivity index (χ2n) is 10.4. The lowest BCUT2D eigenvalue weighted by atomic mass is 10.2. The van der Waals surface area contributed by atoms with Gasteiger partial charge in [0.25, 0.3) is 10.1 Å². The van der Waals surface area contributed by atoms with Crippen LogP contribution in [0.15, 0.2) is 124 Å². The van der Waals surface area contributed by atoms with E-state index in [0.717, 1.165) is 28.1 Å². The first-order valence-corrected chi connectivity index (χ1v) is 15.6. The number of carbonyl (C=O) groups excluding carboxylic acids is 1. The molecule has 0 spiro atoms. The summed E-state index contributed by atoms with van der Waals surface area (Å²) in [6, 6.07) is 24.6. The quantitative estimate of drug-likeness (QED) is 0.0381. The normalized spacial score (nSPS) is 11.4. The Hall–Kier alpha value is -5.46. The van der Waals surface area contributed by atoms with E-state index in [2.05, 4.69) is 32.9 Å². The lowest BCUT2D eigenvalue weighted by molar-refractivity contribution is -0.111. The third kappa shape index (κ3) is 9.52. The van der Waals surface area contributed by atoms with Crippen LogP contribution in [-0.2, 0) is 21.5 Å². The Morgan fingerprint density at radius 2 is 1.65 bits per heavy atom. The van der Waals surface area contributed by atoms with Crippen LogP contribution in [0.1, 0.15) is 18.1 Å². The highest BCUT2D eigenvalue weighted by molar-refractivity contribution is 7.85. The van der Waals surface area contributed by atoms with Gasteiger partial charge in [0, 0.05) is 31.4 Å². The molecule has 4 rings (SSSR count). The number of carbonyl (C=O) groups is 1. The number of rotatable bonds is 13. The smallest absolute Gasteiger partial charge is 0.294 e. The van der Waals surface area contributed by atoms with Crippen LogP contribution in [0.3, 0.4) is 0 Å². The SMILES string of the molecule is C=C(C)/C=C/C(=O)Nc1ccc(N=Nc2ccc(CNc3ccc(N(C)Nc4ccc(S(=O)(=O)O)cc4)cc3OC)cc2)c(C)c1. The minimum absolute atomic E-state index is 0.175. The van der Waals surface area contributed by atoms with Crippen molar-refractivity contribution in [2.45, 2.75) is 25.3 Å². The Bertz CT molecular complexity index is 1870. The van der Waals surface area contributed by atoms with E-state index in [1.165, 1.54) is 18.2 Å². The molecule has 0 bridgehead atoms. The van der Waals surface area contributed by atoms with Gasteiger partial charge in [0.2, 0.25) is 5.91 Å². The number of hydrogen-bond donors (Lipinski definition) is 4. The maximum atomic E-state index is 12.0. The highest BCUT2D eigenvalue weighted by atomic mass is 32.2. The minimum atomic E-state index is -4.25. The standard InChI is InChI=1S/C34H36N6O5S/c1-23(2)6-19-34(41)36-28-13-17-31(24(3)20-28)38-37-26-9-7-25(8-10-26)22-35-32-18-14-29(21-33(32)45-5)40(4)39-27-11-15-30(16-12-27)46(42,43)44/h6-21,35,39H,1,22H2,2-5H3,(H,36,41)(H,42,43,44)/b19-6+,38-37?. The van der Waals surface area contributed by atoms with Crippen molar-refractivity contribution in [2.75, 3.05) is 35.2 Å². The average molecular weight is 641 g/mol. The highest BCUT2D eigenvalue weighted by Crippen LogP contribution is 2.31. The van der Waals surface area contributed by atoms with Crippen molar-refractivity contribution in [3.63, 3.8) is 0 Å². The monoisotopic (exact) mass is 640 g/mol. The Balaban J connectivity index is 1.33. The molecule has 1 amide bonds. The summed E-state index contributed by atoms with van der Waals surface area (Å²) in [5, 5.41) is 16.7. The zero-order valence-electron chi connectivity index (χ0n) is 26.0. The van der Waals surface area contributed by atoms with Gasteiger partial charge in [-0.25, -0.2) is 0 Å². The zero-order chi connectivity index (χ0) is 33.3. The van der Waals surface area contributed by atoms with E-state index in [1.54, 1.807) is 36.4 Å². The fraction of sp³-hybridized carbons (Fsp3) is 0.147. The van der Waals surface area contributed by atoms with Crippen molar-refractivity contribution in [1.29, 1.82) is 0 Å².